The van der Waals surface area contributed by atoms with Crippen molar-refractivity contribution >= 4 is 11.6 Å². The van der Waals surface area contributed by atoms with Crippen molar-refractivity contribution in [3.63, 3.8) is 0 Å². The van der Waals surface area contributed by atoms with Crippen LogP contribution in [0.5, 0.6) is 11.5 Å². The molecule has 0 spiro atoms. The Kier molecular flexibility index (Phi) is 5.21. The van der Waals surface area contributed by atoms with E-state index in [1.165, 1.54) is 12.1 Å². The van der Waals surface area contributed by atoms with Crippen molar-refractivity contribution in [1.82, 2.24) is 5.32 Å². The third-order valence-electron chi connectivity index (χ3n) is 3.50. The van der Waals surface area contributed by atoms with E-state index in [9.17, 15) is 4.39 Å². The summed E-state index contributed by atoms with van der Waals surface area (Å²) in [7, 11) is 1.83. The molecule has 0 bridgehead atoms. The van der Waals surface area contributed by atoms with Crippen LogP contribution in [0.3, 0.4) is 0 Å². The Morgan fingerprint density at radius 1 is 1.24 bits per heavy atom. The molecule has 2 nitrogen and oxygen atoms in total. The highest BCUT2D eigenvalue weighted by Crippen LogP contribution is 2.32. The van der Waals surface area contributed by atoms with Crippen LogP contribution in [0.4, 0.5) is 4.39 Å². The minimum absolute atomic E-state index is 0.00588. The first-order chi connectivity index (χ1) is 10.0. The Labute approximate surface area is 129 Å². The number of rotatable bonds is 5. The maximum atomic E-state index is 13.5. The van der Waals surface area contributed by atoms with Crippen LogP contribution >= 0.6 is 11.6 Å². The Morgan fingerprint density at radius 3 is 2.67 bits per heavy atom. The molecule has 1 unspecified atom stereocenters. The Morgan fingerprint density at radius 2 is 2.00 bits per heavy atom. The van der Waals surface area contributed by atoms with Gasteiger partial charge < -0.3 is 10.1 Å². The zero-order valence-electron chi connectivity index (χ0n) is 12.4. The number of hydrogen-bond donors (Lipinski definition) is 1. The SMILES string of the molecule is CCc1cc(Oc2ccc(F)cc2C(C)NC)ccc1Cl. The summed E-state index contributed by atoms with van der Waals surface area (Å²) in [5.41, 5.74) is 1.81. The average Bonchev–Trinajstić information content (AvgIpc) is 2.50. The lowest BCUT2D eigenvalue weighted by Crippen LogP contribution is -2.13. The largest absolute Gasteiger partial charge is 0.457 e. The molecule has 0 saturated carbocycles. The fourth-order valence-electron chi connectivity index (χ4n) is 2.12. The van der Waals surface area contributed by atoms with Crippen molar-refractivity contribution in [2.24, 2.45) is 0 Å². The summed E-state index contributed by atoms with van der Waals surface area (Å²) in [6, 6.07) is 10.1. The van der Waals surface area contributed by atoms with Crippen molar-refractivity contribution in [3.8, 4) is 11.5 Å². The van der Waals surface area contributed by atoms with Gasteiger partial charge in [0.05, 0.1) is 0 Å². The van der Waals surface area contributed by atoms with E-state index in [-0.39, 0.29) is 11.9 Å². The minimum atomic E-state index is -0.273. The summed E-state index contributed by atoms with van der Waals surface area (Å²) in [4.78, 5) is 0. The molecule has 0 radical (unpaired) electrons. The van der Waals surface area contributed by atoms with Crippen LogP contribution in [0.25, 0.3) is 0 Å². The fourth-order valence-corrected chi connectivity index (χ4v) is 2.37. The number of ether oxygens (including phenoxy) is 1. The van der Waals surface area contributed by atoms with Crippen LogP contribution < -0.4 is 10.1 Å². The molecule has 0 aromatic heterocycles. The van der Waals surface area contributed by atoms with E-state index in [1.54, 1.807) is 6.07 Å². The lowest BCUT2D eigenvalue weighted by molar-refractivity contribution is 0.462. The van der Waals surface area contributed by atoms with Crippen molar-refractivity contribution < 1.29 is 9.13 Å². The third kappa shape index (κ3) is 3.74. The summed E-state index contributed by atoms with van der Waals surface area (Å²) < 4.78 is 19.4. The molecule has 0 aliphatic carbocycles. The number of halogens is 2. The number of nitrogens with one attached hydrogen (secondary N) is 1. The molecule has 2 rings (SSSR count). The second-order valence-electron chi connectivity index (χ2n) is 4.90. The van der Waals surface area contributed by atoms with Gasteiger partial charge in [0.1, 0.15) is 17.3 Å². The number of aryl methyl sites for hydroxylation is 1. The topological polar surface area (TPSA) is 21.3 Å². The quantitative estimate of drug-likeness (QED) is 0.828. The molecule has 2 aromatic rings. The summed E-state index contributed by atoms with van der Waals surface area (Å²) in [6.45, 7) is 4.00. The van der Waals surface area contributed by atoms with E-state index in [1.807, 2.05) is 39.1 Å². The maximum Gasteiger partial charge on any atom is 0.132 e. The van der Waals surface area contributed by atoms with Crippen LogP contribution in [0.1, 0.15) is 31.0 Å². The van der Waals surface area contributed by atoms with Gasteiger partial charge >= 0.3 is 0 Å². The maximum absolute atomic E-state index is 13.5. The molecular weight excluding hydrogens is 289 g/mol. The molecule has 0 aliphatic heterocycles. The number of hydrogen-bond acceptors (Lipinski definition) is 2. The fraction of sp³-hybridized carbons (Fsp3) is 0.294. The summed E-state index contributed by atoms with van der Waals surface area (Å²) in [6.07, 6.45) is 0.833. The molecule has 1 atom stereocenters. The van der Waals surface area contributed by atoms with Gasteiger partial charge in [-0.3, -0.25) is 0 Å². The van der Waals surface area contributed by atoms with E-state index in [0.717, 1.165) is 22.6 Å². The van der Waals surface area contributed by atoms with Crippen LogP contribution in [-0.2, 0) is 6.42 Å². The molecule has 0 saturated heterocycles. The van der Waals surface area contributed by atoms with Gasteiger partial charge in [0.15, 0.2) is 0 Å². The van der Waals surface area contributed by atoms with E-state index in [2.05, 4.69) is 5.32 Å². The zero-order chi connectivity index (χ0) is 15.4. The van der Waals surface area contributed by atoms with Gasteiger partial charge in [-0.1, -0.05) is 18.5 Å². The summed E-state index contributed by atoms with van der Waals surface area (Å²) >= 11 is 6.11. The Hall–Kier alpha value is -1.58. The molecule has 0 heterocycles. The zero-order valence-corrected chi connectivity index (χ0v) is 13.2. The van der Waals surface area contributed by atoms with Gasteiger partial charge in [-0.2, -0.15) is 0 Å². The van der Waals surface area contributed by atoms with E-state index in [0.29, 0.717) is 11.5 Å². The minimum Gasteiger partial charge on any atom is -0.457 e. The second-order valence-corrected chi connectivity index (χ2v) is 5.31. The highest BCUT2D eigenvalue weighted by atomic mass is 35.5. The first-order valence-corrected chi connectivity index (χ1v) is 7.36. The van der Waals surface area contributed by atoms with Crippen molar-refractivity contribution in [2.75, 3.05) is 7.05 Å². The normalized spacial score (nSPS) is 12.2. The summed E-state index contributed by atoms with van der Waals surface area (Å²) in [5, 5.41) is 3.83. The lowest BCUT2D eigenvalue weighted by Gasteiger charge is -2.17. The molecule has 1 N–H and O–H groups in total. The van der Waals surface area contributed by atoms with Gasteiger partial charge in [-0.25, -0.2) is 4.39 Å². The molecule has 112 valence electrons. The molecule has 2 aromatic carbocycles. The van der Waals surface area contributed by atoms with E-state index >= 15 is 0 Å². The Balaban J connectivity index is 2.35. The number of benzene rings is 2. The predicted molar refractivity (Wildman–Crippen MR) is 84.8 cm³/mol. The molecule has 0 amide bonds. The van der Waals surface area contributed by atoms with Gasteiger partial charge in [0.2, 0.25) is 0 Å². The Bertz CT molecular complexity index is 630. The van der Waals surface area contributed by atoms with Gasteiger partial charge in [0.25, 0.3) is 0 Å². The highest BCUT2D eigenvalue weighted by molar-refractivity contribution is 6.31. The molecular formula is C17H19ClFNO. The van der Waals surface area contributed by atoms with Crippen molar-refractivity contribution in [1.29, 1.82) is 0 Å². The predicted octanol–water partition coefficient (Wildman–Crippen LogP) is 5.11. The van der Waals surface area contributed by atoms with Crippen molar-refractivity contribution in [3.05, 3.63) is 58.4 Å². The van der Waals surface area contributed by atoms with E-state index in [4.69, 9.17) is 16.3 Å². The first kappa shape index (κ1) is 15.8. The molecule has 21 heavy (non-hydrogen) atoms. The standard InChI is InChI=1S/C17H19ClFNO/c1-4-12-9-14(6-7-16(12)18)21-17-8-5-13(19)10-15(17)11(2)20-3/h5-11,20H,4H2,1-3H3. The van der Waals surface area contributed by atoms with Crippen LogP contribution in [-0.4, -0.2) is 7.05 Å². The van der Waals surface area contributed by atoms with Crippen LogP contribution in [0.2, 0.25) is 5.02 Å². The highest BCUT2D eigenvalue weighted by Gasteiger charge is 2.13. The van der Waals surface area contributed by atoms with Gasteiger partial charge in [0, 0.05) is 16.6 Å². The monoisotopic (exact) mass is 307 g/mol. The third-order valence-corrected chi connectivity index (χ3v) is 3.87. The molecule has 0 fully saturated rings. The first-order valence-electron chi connectivity index (χ1n) is 6.98. The van der Waals surface area contributed by atoms with Crippen LogP contribution in [0.15, 0.2) is 36.4 Å². The second kappa shape index (κ2) is 6.92. The van der Waals surface area contributed by atoms with Gasteiger partial charge in [-0.15, -0.1) is 0 Å². The lowest BCUT2D eigenvalue weighted by atomic mass is 10.1. The summed E-state index contributed by atoms with van der Waals surface area (Å²) in [5.74, 6) is 1.07. The smallest absolute Gasteiger partial charge is 0.132 e. The average molecular weight is 308 g/mol. The molecule has 4 heteroatoms. The van der Waals surface area contributed by atoms with Crippen LogP contribution in [0, 0.1) is 5.82 Å². The van der Waals surface area contributed by atoms with Crippen molar-refractivity contribution in [2.45, 2.75) is 26.3 Å². The molecule has 0 aliphatic rings. The van der Waals surface area contributed by atoms with E-state index < -0.39 is 0 Å². The van der Waals surface area contributed by atoms with Gasteiger partial charge in [-0.05, 0) is 62.4 Å².